The molecule has 2 rings (SSSR count). The summed E-state index contributed by atoms with van der Waals surface area (Å²) < 4.78 is 0. The minimum atomic E-state index is -0.0722. The molecule has 0 fully saturated rings. The Hall–Kier alpha value is -1.35. The molecule has 0 amide bonds. The van der Waals surface area contributed by atoms with Gasteiger partial charge in [0.15, 0.2) is 0 Å². The van der Waals surface area contributed by atoms with Crippen molar-refractivity contribution < 1.29 is 9.90 Å². The van der Waals surface area contributed by atoms with Gasteiger partial charge >= 0.3 is 0 Å². The molecule has 0 saturated carbocycles. The molecule has 1 aliphatic heterocycles. The van der Waals surface area contributed by atoms with Gasteiger partial charge in [-0.15, -0.1) is 0 Å². The van der Waals surface area contributed by atoms with Gasteiger partial charge in [-0.2, -0.15) is 0 Å². The molecule has 0 unspecified atom stereocenters. The van der Waals surface area contributed by atoms with Gasteiger partial charge in [0.1, 0.15) is 12.0 Å². The van der Waals surface area contributed by atoms with Crippen LogP contribution in [-0.2, 0) is 17.8 Å². The maximum atomic E-state index is 10.5. The van der Waals surface area contributed by atoms with E-state index >= 15 is 0 Å². The van der Waals surface area contributed by atoms with Crippen molar-refractivity contribution in [1.82, 2.24) is 5.32 Å². The molecule has 2 N–H and O–H groups in total. The number of aldehydes is 1. The van der Waals surface area contributed by atoms with Crippen molar-refractivity contribution in [3.8, 4) is 5.75 Å². The standard InChI is InChI=1S/C10H11NO2/c12-6-9-3-7-1-2-10(13)4-8(7)5-11-9/h1-2,4,6,9,11,13H,3,5H2/t9-/m1/s1. The predicted octanol–water partition coefficient (Wildman–Crippen LogP) is 0.605. The summed E-state index contributed by atoms with van der Waals surface area (Å²) >= 11 is 0. The average molecular weight is 177 g/mol. The van der Waals surface area contributed by atoms with Crippen LogP contribution in [0.25, 0.3) is 0 Å². The maximum Gasteiger partial charge on any atom is 0.137 e. The third-order valence-electron chi connectivity index (χ3n) is 2.35. The van der Waals surface area contributed by atoms with Gasteiger partial charge in [-0.25, -0.2) is 0 Å². The Bertz CT molecular complexity index is 336. The van der Waals surface area contributed by atoms with Crippen LogP contribution in [-0.4, -0.2) is 17.4 Å². The van der Waals surface area contributed by atoms with E-state index in [-0.39, 0.29) is 11.8 Å². The summed E-state index contributed by atoms with van der Waals surface area (Å²) in [5, 5.41) is 12.3. The third-order valence-corrected chi connectivity index (χ3v) is 2.35. The molecular weight excluding hydrogens is 166 g/mol. The van der Waals surface area contributed by atoms with Gasteiger partial charge in [0.25, 0.3) is 0 Å². The lowest BCUT2D eigenvalue weighted by Crippen LogP contribution is -2.36. The molecule has 0 bridgehead atoms. The molecule has 1 aromatic carbocycles. The molecular formula is C10H11NO2. The summed E-state index contributed by atoms with van der Waals surface area (Å²) in [6.07, 6.45) is 1.65. The van der Waals surface area contributed by atoms with Crippen molar-refractivity contribution in [3.63, 3.8) is 0 Å². The van der Waals surface area contributed by atoms with E-state index in [0.29, 0.717) is 6.54 Å². The quantitative estimate of drug-likeness (QED) is 0.618. The van der Waals surface area contributed by atoms with Gasteiger partial charge in [0.05, 0.1) is 6.04 Å². The highest BCUT2D eigenvalue weighted by Gasteiger charge is 2.16. The number of aromatic hydroxyl groups is 1. The van der Waals surface area contributed by atoms with Crippen molar-refractivity contribution in [2.75, 3.05) is 0 Å². The van der Waals surface area contributed by atoms with Crippen molar-refractivity contribution in [1.29, 1.82) is 0 Å². The van der Waals surface area contributed by atoms with Gasteiger partial charge in [0.2, 0.25) is 0 Å². The summed E-state index contributed by atoms with van der Waals surface area (Å²) in [4.78, 5) is 10.5. The van der Waals surface area contributed by atoms with E-state index < -0.39 is 0 Å². The number of phenolic OH excluding ortho intramolecular Hbond substituents is 1. The van der Waals surface area contributed by atoms with Crippen molar-refractivity contribution >= 4 is 6.29 Å². The Morgan fingerprint density at radius 3 is 3.08 bits per heavy atom. The van der Waals surface area contributed by atoms with E-state index in [9.17, 15) is 9.90 Å². The zero-order chi connectivity index (χ0) is 9.26. The first-order valence-corrected chi connectivity index (χ1v) is 4.29. The Morgan fingerprint density at radius 2 is 2.31 bits per heavy atom. The molecule has 1 heterocycles. The molecule has 1 aromatic rings. The lowest BCUT2D eigenvalue weighted by atomic mass is 9.96. The van der Waals surface area contributed by atoms with Gasteiger partial charge < -0.3 is 15.2 Å². The average Bonchev–Trinajstić information content (AvgIpc) is 2.17. The smallest absolute Gasteiger partial charge is 0.137 e. The molecule has 1 aliphatic rings. The van der Waals surface area contributed by atoms with Crippen LogP contribution in [0, 0.1) is 0 Å². The fraction of sp³-hybridized carbons (Fsp3) is 0.300. The maximum absolute atomic E-state index is 10.5. The topological polar surface area (TPSA) is 49.3 Å². The van der Waals surface area contributed by atoms with Crippen LogP contribution in [0.15, 0.2) is 18.2 Å². The first kappa shape index (κ1) is 8.26. The molecule has 13 heavy (non-hydrogen) atoms. The van der Waals surface area contributed by atoms with E-state index in [2.05, 4.69) is 5.32 Å². The molecule has 0 radical (unpaired) electrons. The predicted molar refractivity (Wildman–Crippen MR) is 48.5 cm³/mol. The number of carbonyl (C=O) groups excluding carboxylic acids is 1. The summed E-state index contributed by atoms with van der Waals surface area (Å²) in [7, 11) is 0. The Kier molecular flexibility index (Phi) is 2.02. The third kappa shape index (κ3) is 1.55. The van der Waals surface area contributed by atoms with Gasteiger partial charge in [0, 0.05) is 6.54 Å². The largest absolute Gasteiger partial charge is 0.508 e. The monoisotopic (exact) mass is 177 g/mol. The second-order valence-corrected chi connectivity index (χ2v) is 3.28. The van der Waals surface area contributed by atoms with E-state index in [1.165, 1.54) is 0 Å². The number of fused-ring (bicyclic) bond motifs is 1. The molecule has 1 atom stereocenters. The molecule has 68 valence electrons. The van der Waals surface area contributed by atoms with Crippen LogP contribution in [0.1, 0.15) is 11.1 Å². The molecule has 0 saturated heterocycles. The fourth-order valence-corrected chi connectivity index (χ4v) is 1.62. The van der Waals surface area contributed by atoms with Crippen LogP contribution < -0.4 is 5.32 Å². The van der Waals surface area contributed by atoms with Gasteiger partial charge in [-0.05, 0) is 29.7 Å². The van der Waals surface area contributed by atoms with Crippen LogP contribution in [0.2, 0.25) is 0 Å². The zero-order valence-electron chi connectivity index (χ0n) is 7.16. The molecule has 0 aliphatic carbocycles. The zero-order valence-corrected chi connectivity index (χ0v) is 7.16. The summed E-state index contributed by atoms with van der Waals surface area (Å²) in [5.41, 5.74) is 2.23. The number of phenols is 1. The van der Waals surface area contributed by atoms with Gasteiger partial charge in [-0.3, -0.25) is 0 Å². The number of rotatable bonds is 1. The lowest BCUT2D eigenvalue weighted by molar-refractivity contribution is -0.109. The summed E-state index contributed by atoms with van der Waals surface area (Å²) in [6, 6.07) is 5.20. The highest BCUT2D eigenvalue weighted by molar-refractivity contribution is 5.59. The Balaban J connectivity index is 2.31. The number of hydrogen-bond acceptors (Lipinski definition) is 3. The van der Waals surface area contributed by atoms with E-state index in [0.717, 1.165) is 23.8 Å². The van der Waals surface area contributed by atoms with Crippen LogP contribution >= 0.6 is 0 Å². The van der Waals surface area contributed by atoms with E-state index in [1.54, 1.807) is 12.1 Å². The molecule has 3 heteroatoms. The second kappa shape index (κ2) is 3.18. The molecule has 0 spiro atoms. The molecule has 3 nitrogen and oxygen atoms in total. The second-order valence-electron chi connectivity index (χ2n) is 3.28. The van der Waals surface area contributed by atoms with E-state index in [1.807, 2.05) is 6.07 Å². The Morgan fingerprint density at radius 1 is 1.46 bits per heavy atom. The first-order chi connectivity index (χ1) is 6.29. The minimum absolute atomic E-state index is 0.0722. The van der Waals surface area contributed by atoms with Crippen LogP contribution in [0.3, 0.4) is 0 Å². The SMILES string of the molecule is O=C[C@H]1Cc2ccc(O)cc2CN1. The normalized spacial score (nSPS) is 20.8. The summed E-state index contributed by atoms with van der Waals surface area (Å²) in [5.74, 6) is 0.283. The number of nitrogens with one attached hydrogen (secondary N) is 1. The number of carbonyl (C=O) groups is 1. The highest BCUT2D eigenvalue weighted by Crippen LogP contribution is 2.20. The number of benzene rings is 1. The van der Waals surface area contributed by atoms with Crippen LogP contribution in [0.4, 0.5) is 0 Å². The van der Waals surface area contributed by atoms with Crippen molar-refractivity contribution in [2.24, 2.45) is 0 Å². The number of hydrogen-bond donors (Lipinski definition) is 2. The summed E-state index contributed by atoms with van der Waals surface area (Å²) in [6.45, 7) is 0.660. The minimum Gasteiger partial charge on any atom is -0.508 e. The van der Waals surface area contributed by atoms with Crippen LogP contribution in [0.5, 0.6) is 5.75 Å². The van der Waals surface area contributed by atoms with Crippen molar-refractivity contribution in [3.05, 3.63) is 29.3 Å². The van der Waals surface area contributed by atoms with E-state index in [4.69, 9.17) is 0 Å². The first-order valence-electron chi connectivity index (χ1n) is 4.29. The molecule has 0 aromatic heterocycles. The fourth-order valence-electron chi connectivity index (χ4n) is 1.62. The van der Waals surface area contributed by atoms with Gasteiger partial charge in [-0.1, -0.05) is 6.07 Å². The van der Waals surface area contributed by atoms with Crippen molar-refractivity contribution in [2.45, 2.75) is 19.0 Å². The lowest BCUT2D eigenvalue weighted by Gasteiger charge is -2.21. The Labute approximate surface area is 76.4 Å². The highest BCUT2D eigenvalue weighted by atomic mass is 16.3.